The Morgan fingerprint density at radius 2 is 2.31 bits per heavy atom. The van der Waals surface area contributed by atoms with Crippen molar-refractivity contribution in [2.45, 2.75) is 13.3 Å². The van der Waals surface area contributed by atoms with Gasteiger partial charge < -0.3 is 0 Å². The first-order valence-electron chi connectivity index (χ1n) is 5.03. The Kier molecular flexibility index (Phi) is 3.06. The topological polar surface area (TPSA) is 34.9 Å². The van der Waals surface area contributed by atoms with E-state index < -0.39 is 0 Å². The summed E-state index contributed by atoms with van der Waals surface area (Å²) >= 11 is 5.91. The molecule has 2 aromatic rings. The molecule has 16 heavy (non-hydrogen) atoms. The summed E-state index contributed by atoms with van der Waals surface area (Å²) in [7, 11) is 0. The summed E-state index contributed by atoms with van der Waals surface area (Å²) in [6.07, 6.45) is 5.41. The van der Waals surface area contributed by atoms with Crippen LogP contribution in [0, 0.1) is 0 Å². The van der Waals surface area contributed by atoms with Crippen LogP contribution in [-0.4, -0.2) is 16.1 Å². The van der Waals surface area contributed by atoms with Gasteiger partial charge in [0, 0.05) is 16.8 Å². The van der Waals surface area contributed by atoms with Crippen molar-refractivity contribution >= 4 is 17.9 Å². The summed E-state index contributed by atoms with van der Waals surface area (Å²) in [6.45, 7) is 2.06. The molecule has 0 amide bonds. The fourth-order valence-corrected chi connectivity index (χ4v) is 1.66. The van der Waals surface area contributed by atoms with Crippen LogP contribution in [0.1, 0.15) is 22.8 Å². The van der Waals surface area contributed by atoms with Gasteiger partial charge in [0.25, 0.3) is 0 Å². The molecule has 0 N–H and O–H groups in total. The molecule has 3 nitrogen and oxygen atoms in total. The van der Waals surface area contributed by atoms with Crippen molar-refractivity contribution in [1.82, 2.24) is 9.78 Å². The van der Waals surface area contributed by atoms with E-state index in [4.69, 9.17) is 11.6 Å². The molecule has 1 heterocycles. The Morgan fingerprint density at radius 1 is 1.50 bits per heavy atom. The molecule has 0 atom stereocenters. The quantitative estimate of drug-likeness (QED) is 0.766. The number of halogens is 1. The molecule has 0 saturated carbocycles. The van der Waals surface area contributed by atoms with Gasteiger partial charge in [-0.2, -0.15) is 5.10 Å². The zero-order chi connectivity index (χ0) is 11.5. The van der Waals surface area contributed by atoms with E-state index in [1.807, 2.05) is 6.20 Å². The third kappa shape index (κ3) is 1.99. The van der Waals surface area contributed by atoms with Crippen LogP contribution in [-0.2, 0) is 6.42 Å². The molecule has 0 unspecified atom stereocenters. The molecule has 0 spiro atoms. The fourth-order valence-electron chi connectivity index (χ4n) is 1.49. The molecular weight excluding hydrogens is 224 g/mol. The van der Waals surface area contributed by atoms with Crippen LogP contribution >= 0.6 is 11.6 Å². The first kappa shape index (κ1) is 10.9. The van der Waals surface area contributed by atoms with Crippen LogP contribution in [0.25, 0.3) is 5.69 Å². The molecule has 0 bridgehead atoms. The Labute approximate surface area is 98.7 Å². The van der Waals surface area contributed by atoms with Crippen LogP contribution < -0.4 is 0 Å². The van der Waals surface area contributed by atoms with Crippen LogP contribution in [0.5, 0.6) is 0 Å². The average molecular weight is 235 g/mol. The van der Waals surface area contributed by atoms with Gasteiger partial charge in [0.05, 0.1) is 11.9 Å². The maximum absolute atomic E-state index is 10.9. The fraction of sp³-hybridized carbons (Fsp3) is 0.167. The van der Waals surface area contributed by atoms with Gasteiger partial charge in [-0.15, -0.1) is 0 Å². The number of benzene rings is 1. The van der Waals surface area contributed by atoms with Crippen molar-refractivity contribution in [3.8, 4) is 5.69 Å². The summed E-state index contributed by atoms with van der Waals surface area (Å²) in [5, 5.41) is 4.80. The maximum atomic E-state index is 10.9. The van der Waals surface area contributed by atoms with Gasteiger partial charge in [-0.05, 0) is 30.2 Å². The zero-order valence-corrected chi connectivity index (χ0v) is 9.61. The van der Waals surface area contributed by atoms with Gasteiger partial charge in [-0.25, -0.2) is 4.68 Å². The second kappa shape index (κ2) is 4.49. The van der Waals surface area contributed by atoms with Crippen LogP contribution in [0.15, 0.2) is 30.6 Å². The first-order valence-corrected chi connectivity index (χ1v) is 5.41. The normalized spacial score (nSPS) is 10.4. The van der Waals surface area contributed by atoms with E-state index in [9.17, 15) is 4.79 Å². The van der Waals surface area contributed by atoms with E-state index in [-0.39, 0.29) is 0 Å². The molecule has 0 aliphatic rings. The Bertz CT molecular complexity index is 519. The standard InChI is InChI=1S/C12H11ClN2O/c1-2-9-6-14-15(7-9)12-5-11(13)4-3-10(12)8-16/h3-8H,2H2,1H3. The van der Waals surface area contributed by atoms with Gasteiger partial charge in [-0.3, -0.25) is 4.79 Å². The summed E-state index contributed by atoms with van der Waals surface area (Å²) in [5.41, 5.74) is 2.41. The van der Waals surface area contributed by atoms with Gasteiger partial charge in [0.2, 0.25) is 0 Å². The van der Waals surface area contributed by atoms with Gasteiger partial charge in [-0.1, -0.05) is 18.5 Å². The lowest BCUT2D eigenvalue weighted by atomic mass is 10.2. The molecule has 0 aliphatic carbocycles. The van der Waals surface area contributed by atoms with E-state index in [0.717, 1.165) is 18.3 Å². The molecule has 0 aliphatic heterocycles. The number of hydrogen-bond donors (Lipinski definition) is 0. The first-order chi connectivity index (χ1) is 7.74. The molecule has 1 aromatic carbocycles. The minimum atomic E-state index is 0.579. The van der Waals surface area contributed by atoms with Crippen molar-refractivity contribution in [2.75, 3.05) is 0 Å². The van der Waals surface area contributed by atoms with Crippen LogP contribution in [0.3, 0.4) is 0 Å². The number of nitrogens with zero attached hydrogens (tertiary/aromatic N) is 2. The monoisotopic (exact) mass is 234 g/mol. The number of rotatable bonds is 3. The smallest absolute Gasteiger partial charge is 0.152 e. The summed E-state index contributed by atoms with van der Waals surface area (Å²) in [4.78, 5) is 10.9. The number of carbonyl (C=O) groups excluding carboxylic acids is 1. The molecule has 82 valence electrons. The number of hydrogen-bond acceptors (Lipinski definition) is 2. The molecule has 1 aromatic heterocycles. The summed E-state index contributed by atoms with van der Waals surface area (Å²) in [5.74, 6) is 0. The van der Waals surface area contributed by atoms with Crippen molar-refractivity contribution < 1.29 is 4.79 Å². The molecular formula is C12H11ClN2O. The third-order valence-corrected chi connectivity index (χ3v) is 2.65. The predicted molar refractivity (Wildman–Crippen MR) is 63.3 cm³/mol. The van der Waals surface area contributed by atoms with Gasteiger partial charge in [0.15, 0.2) is 6.29 Å². The van der Waals surface area contributed by atoms with Gasteiger partial charge >= 0.3 is 0 Å². The third-order valence-electron chi connectivity index (χ3n) is 2.41. The second-order valence-electron chi connectivity index (χ2n) is 3.47. The highest BCUT2D eigenvalue weighted by molar-refractivity contribution is 6.30. The molecule has 4 heteroatoms. The van der Waals surface area contributed by atoms with Crippen LogP contribution in [0.4, 0.5) is 0 Å². The lowest BCUT2D eigenvalue weighted by Crippen LogP contribution is -1.99. The number of aromatic nitrogens is 2. The van der Waals surface area contributed by atoms with E-state index in [2.05, 4.69) is 12.0 Å². The van der Waals surface area contributed by atoms with Crippen molar-refractivity contribution in [3.05, 3.63) is 46.7 Å². The minimum Gasteiger partial charge on any atom is -0.298 e. The zero-order valence-electron chi connectivity index (χ0n) is 8.85. The van der Waals surface area contributed by atoms with E-state index in [1.54, 1.807) is 29.1 Å². The summed E-state index contributed by atoms with van der Waals surface area (Å²) < 4.78 is 1.68. The van der Waals surface area contributed by atoms with Gasteiger partial charge in [0.1, 0.15) is 0 Å². The van der Waals surface area contributed by atoms with Crippen molar-refractivity contribution in [3.63, 3.8) is 0 Å². The Morgan fingerprint density at radius 3 is 2.94 bits per heavy atom. The molecule has 0 radical (unpaired) electrons. The Hall–Kier alpha value is -1.61. The lowest BCUT2D eigenvalue weighted by molar-refractivity contribution is 0.112. The van der Waals surface area contributed by atoms with Crippen molar-refractivity contribution in [2.24, 2.45) is 0 Å². The molecule has 2 rings (SSSR count). The number of carbonyl (C=O) groups is 1. The average Bonchev–Trinajstić information content (AvgIpc) is 2.77. The minimum absolute atomic E-state index is 0.579. The van der Waals surface area contributed by atoms with Crippen molar-refractivity contribution in [1.29, 1.82) is 0 Å². The predicted octanol–water partition coefficient (Wildman–Crippen LogP) is 2.90. The highest BCUT2D eigenvalue weighted by Gasteiger charge is 2.06. The van der Waals surface area contributed by atoms with E-state index >= 15 is 0 Å². The lowest BCUT2D eigenvalue weighted by Gasteiger charge is -2.04. The van der Waals surface area contributed by atoms with E-state index in [1.165, 1.54) is 0 Å². The second-order valence-corrected chi connectivity index (χ2v) is 3.90. The number of aldehydes is 1. The van der Waals surface area contributed by atoms with Crippen LogP contribution in [0.2, 0.25) is 5.02 Å². The molecule has 0 saturated heterocycles. The van der Waals surface area contributed by atoms with E-state index in [0.29, 0.717) is 16.3 Å². The largest absolute Gasteiger partial charge is 0.298 e. The Balaban J connectivity index is 2.53. The highest BCUT2D eigenvalue weighted by Crippen LogP contribution is 2.18. The number of aryl methyl sites for hydroxylation is 1. The molecule has 0 fully saturated rings. The SMILES string of the molecule is CCc1cnn(-c2cc(Cl)ccc2C=O)c1. The maximum Gasteiger partial charge on any atom is 0.152 e. The highest BCUT2D eigenvalue weighted by atomic mass is 35.5. The summed E-state index contributed by atoms with van der Waals surface area (Å²) in [6, 6.07) is 5.12.